The van der Waals surface area contributed by atoms with E-state index in [1.807, 2.05) is 0 Å². The van der Waals surface area contributed by atoms with Gasteiger partial charge in [0.2, 0.25) is 0 Å². The molecule has 0 saturated heterocycles. The molecular formula is H8CdNO6. The zero-order chi connectivity index (χ0) is 3.58. The number of hydrogen-bond acceptors (Lipinski definition) is 2. The minimum absolute atomic E-state index is 0. The first-order valence-corrected chi connectivity index (χ1v) is 2.49. The van der Waals surface area contributed by atoms with Crippen LogP contribution in [-0.4, -0.2) is 24.6 Å². The van der Waals surface area contributed by atoms with Crippen LogP contribution in [0.5, 0.6) is 0 Å². The monoisotopic (exact) mass is 232 g/mol. The van der Waals surface area contributed by atoms with Crippen LogP contribution in [0.15, 0.2) is 0 Å². The first-order valence-electron chi connectivity index (χ1n) is 0.681. The van der Waals surface area contributed by atoms with Crippen LogP contribution in [0.2, 0.25) is 0 Å². The van der Waals surface area contributed by atoms with Gasteiger partial charge in [-0.2, -0.15) is 0 Å². The van der Waals surface area contributed by atoms with Gasteiger partial charge in [-0.15, -0.1) is 0 Å². The topological polar surface area (TPSA) is 169 Å². The molecule has 51 valence electrons. The van der Waals surface area contributed by atoms with Gasteiger partial charge >= 0.3 is 38.9 Å². The number of rotatable bonds is 0. The molecule has 7 nitrogen and oxygen atoms in total. The van der Waals surface area contributed by atoms with Crippen molar-refractivity contribution in [1.82, 2.24) is 0 Å². The Labute approximate surface area is 61.2 Å². The molecule has 8 heavy (non-hydrogen) atoms. The molecule has 0 unspecified atom stereocenters. The number of hydrogen-bond donors (Lipinski definition) is 0. The van der Waals surface area contributed by atoms with Crippen molar-refractivity contribution in [3.63, 3.8) is 0 Å². The van der Waals surface area contributed by atoms with E-state index in [0.717, 1.165) is 0 Å². The molecule has 0 amide bonds. The fraction of sp³-hybridized carbons (Fsp3) is 0. The van der Waals surface area contributed by atoms with Crippen molar-refractivity contribution in [2.75, 3.05) is 0 Å². The maximum atomic E-state index is 8.88. The van der Waals surface area contributed by atoms with Gasteiger partial charge in [-0.25, -0.2) is 0 Å². The van der Waals surface area contributed by atoms with Crippen LogP contribution in [0, 0.1) is 10.1 Å². The van der Waals surface area contributed by atoms with Gasteiger partial charge in [0.25, 0.3) is 0 Å². The summed E-state index contributed by atoms with van der Waals surface area (Å²) in [5.41, 5.74) is 0. The van der Waals surface area contributed by atoms with Crippen LogP contribution in [0.4, 0.5) is 0 Å². The second-order valence-electron chi connectivity index (χ2n) is 0.333. The predicted molar refractivity (Wildman–Crippen MR) is 21.4 cm³/mol. The molecule has 0 saturated carbocycles. The molecule has 0 rings (SSSR count). The van der Waals surface area contributed by atoms with E-state index in [2.05, 4.69) is 0 Å². The van der Waals surface area contributed by atoms with Crippen LogP contribution in [0.25, 0.3) is 0 Å². The minimum atomic E-state index is -0.330. The SMILES string of the molecule is O.O.O.O.O=[N+]([O-])[Cd]. The van der Waals surface area contributed by atoms with Gasteiger partial charge in [0.15, 0.2) is 0 Å². The Morgan fingerprint density at radius 3 is 1.12 bits per heavy atom. The standard InChI is InChI=1S/Cd.NO2.4H2O/c;2-1-3;;;;/h;;4*1H2. The fourth-order valence-electron chi connectivity index (χ4n) is 0. The van der Waals surface area contributed by atoms with Crippen LogP contribution < -0.4 is 0 Å². The molecule has 0 bridgehead atoms. The van der Waals surface area contributed by atoms with E-state index >= 15 is 0 Å². The average Bonchev–Trinajstić information content (AvgIpc) is 0.811. The first kappa shape index (κ1) is 41.9. The molecule has 0 spiro atoms. The molecule has 0 radical (unpaired) electrons. The predicted octanol–water partition coefficient (Wildman–Crippen LogP) is -3.57. The van der Waals surface area contributed by atoms with E-state index in [-0.39, 0.29) is 50.7 Å². The summed E-state index contributed by atoms with van der Waals surface area (Å²) in [6.07, 6.45) is 0. The summed E-state index contributed by atoms with van der Waals surface area (Å²) >= 11 is -0.112. The van der Waals surface area contributed by atoms with Crippen LogP contribution in [-0.2, 0) is 26.1 Å². The molecule has 0 aromatic heterocycles. The van der Waals surface area contributed by atoms with Crippen molar-refractivity contribution in [3.05, 3.63) is 10.1 Å². The second kappa shape index (κ2) is 27.2. The summed E-state index contributed by atoms with van der Waals surface area (Å²) in [5.74, 6) is 0. The molecule has 0 aromatic rings. The van der Waals surface area contributed by atoms with Gasteiger partial charge in [0, 0.05) is 0 Å². The van der Waals surface area contributed by atoms with Gasteiger partial charge in [0.1, 0.15) is 0 Å². The van der Waals surface area contributed by atoms with Crippen LogP contribution >= 0.6 is 0 Å². The van der Waals surface area contributed by atoms with Crippen molar-refractivity contribution in [2.24, 2.45) is 0 Å². The van der Waals surface area contributed by atoms with Crippen LogP contribution in [0.1, 0.15) is 0 Å². The Bertz CT molecular complexity index is 31.5. The summed E-state index contributed by atoms with van der Waals surface area (Å²) in [4.78, 5) is 8.88. The Balaban J connectivity index is -0.00000000750. The van der Waals surface area contributed by atoms with E-state index in [0.29, 0.717) is 0 Å². The van der Waals surface area contributed by atoms with E-state index < -0.39 is 0 Å². The van der Waals surface area contributed by atoms with Gasteiger partial charge in [-0.3, -0.25) is 0 Å². The zero-order valence-electron chi connectivity index (χ0n) is 3.97. The van der Waals surface area contributed by atoms with Crippen molar-refractivity contribution >= 4 is 0 Å². The molecule has 8 heteroatoms. The summed E-state index contributed by atoms with van der Waals surface area (Å²) in [6, 6.07) is 0. The Morgan fingerprint density at radius 2 is 1.12 bits per heavy atom. The maximum absolute atomic E-state index is 8.88. The van der Waals surface area contributed by atoms with E-state index in [1.54, 1.807) is 0 Å². The molecule has 8 N–H and O–H groups in total. The average molecular weight is 230 g/mol. The van der Waals surface area contributed by atoms with Gasteiger partial charge in [-0.1, -0.05) is 0 Å². The molecule has 0 atom stereocenters. The van der Waals surface area contributed by atoms with Crippen molar-refractivity contribution < 1.29 is 50.7 Å². The van der Waals surface area contributed by atoms with Crippen molar-refractivity contribution in [3.8, 4) is 0 Å². The first-order chi connectivity index (χ1) is 1.73. The fourth-order valence-corrected chi connectivity index (χ4v) is 0. The normalized spacial score (nSPS) is 3.25. The molecule has 0 aromatic carbocycles. The quantitative estimate of drug-likeness (QED) is 0.238. The van der Waals surface area contributed by atoms with Crippen LogP contribution in [0.3, 0.4) is 0 Å². The zero-order valence-corrected chi connectivity index (χ0v) is 8.01. The molecular weight excluding hydrogens is 222 g/mol. The Hall–Kier alpha value is 0.162. The molecule has 0 fully saturated rings. The molecule has 0 aliphatic rings. The van der Waals surface area contributed by atoms with Gasteiger partial charge in [0.05, 0.1) is 0 Å². The molecule has 0 heterocycles. The Kier molecular flexibility index (Phi) is 142. The third-order valence-corrected chi connectivity index (χ3v) is 0. The van der Waals surface area contributed by atoms with E-state index in [9.17, 15) is 0 Å². The number of nitro groups is 1. The summed E-state index contributed by atoms with van der Waals surface area (Å²) in [5, 5.41) is 8.88. The van der Waals surface area contributed by atoms with Gasteiger partial charge < -0.3 is 21.9 Å². The summed E-state index contributed by atoms with van der Waals surface area (Å²) in [7, 11) is 0. The molecule has 0 aliphatic carbocycles. The van der Waals surface area contributed by atoms with Crippen molar-refractivity contribution in [2.45, 2.75) is 0 Å². The third-order valence-electron chi connectivity index (χ3n) is 0. The van der Waals surface area contributed by atoms with Crippen molar-refractivity contribution in [1.29, 1.82) is 0 Å². The van der Waals surface area contributed by atoms with E-state index in [4.69, 9.17) is 10.1 Å². The van der Waals surface area contributed by atoms with E-state index in [1.165, 1.54) is 0 Å². The second-order valence-corrected chi connectivity index (χ2v) is 1.81. The molecule has 0 aliphatic heterocycles. The number of nitrogens with zero attached hydrogens (tertiary/aromatic N) is 1. The Morgan fingerprint density at radius 1 is 1.12 bits per heavy atom. The summed E-state index contributed by atoms with van der Waals surface area (Å²) < 4.78 is -0.330. The third kappa shape index (κ3) is 6250. The van der Waals surface area contributed by atoms with Gasteiger partial charge in [-0.05, 0) is 0 Å². The summed E-state index contributed by atoms with van der Waals surface area (Å²) in [6.45, 7) is 0.